The van der Waals surface area contributed by atoms with Crippen LogP contribution >= 0.6 is 0 Å². The number of likely N-dealkylation sites (tertiary alicyclic amines) is 1. The van der Waals surface area contributed by atoms with Crippen molar-refractivity contribution >= 4 is 5.97 Å². The van der Waals surface area contributed by atoms with Gasteiger partial charge in [-0.25, -0.2) is 0 Å². The molecule has 0 amide bonds. The van der Waals surface area contributed by atoms with E-state index in [1.807, 2.05) is 13.0 Å². The summed E-state index contributed by atoms with van der Waals surface area (Å²) in [5.74, 6) is 0.913. The Morgan fingerprint density at radius 3 is 2.46 bits per heavy atom. The normalized spacial score (nSPS) is 19.9. The third-order valence-corrected chi connectivity index (χ3v) is 5.46. The number of carbonyl (C=O) groups is 1. The number of hydrogen-bond acceptors (Lipinski definition) is 4. The van der Waals surface area contributed by atoms with Crippen molar-refractivity contribution in [1.29, 1.82) is 0 Å². The van der Waals surface area contributed by atoms with Crippen LogP contribution in [-0.2, 0) is 16.0 Å². The van der Waals surface area contributed by atoms with Crippen LogP contribution in [0.15, 0.2) is 54.6 Å². The Morgan fingerprint density at radius 1 is 1.07 bits per heavy atom. The smallest absolute Gasteiger partial charge is 0.309 e. The van der Waals surface area contributed by atoms with Gasteiger partial charge in [-0.15, -0.1) is 0 Å². The maximum absolute atomic E-state index is 11.9. The number of carbonyl (C=O) groups excluding carboxylic acids is 1. The van der Waals surface area contributed by atoms with E-state index < -0.39 is 0 Å². The van der Waals surface area contributed by atoms with Crippen LogP contribution in [0.3, 0.4) is 0 Å². The minimum atomic E-state index is -0.0409. The molecule has 1 saturated heterocycles. The summed E-state index contributed by atoms with van der Waals surface area (Å²) < 4.78 is 11.1. The van der Waals surface area contributed by atoms with Gasteiger partial charge in [0.1, 0.15) is 12.4 Å². The third kappa shape index (κ3) is 5.83. The standard InChI is InChI=1S/C24H31NO3/c1-3-27-24(26)22-13-14-25(19(2)17-22)15-16-28-23-11-9-21(10-12-23)18-20-7-5-4-6-8-20/h4-12,19,22H,3,13-18H2,1-2H3/t19-,22-/m1/s1. The van der Waals surface area contributed by atoms with Gasteiger partial charge in [0.05, 0.1) is 12.5 Å². The Balaban J connectivity index is 1.41. The van der Waals surface area contributed by atoms with Gasteiger partial charge in [0, 0.05) is 12.6 Å². The van der Waals surface area contributed by atoms with Gasteiger partial charge in [-0.1, -0.05) is 42.5 Å². The second-order valence-electron chi connectivity index (χ2n) is 7.51. The first-order valence-corrected chi connectivity index (χ1v) is 10.3. The molecule has 150 valence electrons. The monoisotopic (exact) mass is 381 g/mol. The largest absolute Gasteiger partial charge is 0.492 e. The van der Waals surface area contributed by atoms with E-state index in [2.05, 4.69) is 60.4 Å². The second-order valence-corrected chi connectivity index (χ2v) is 7.51. The highest BCUT2D eigenvalue weighted by Gasteiger charge is 2.30. The molecule has 1 aliphatic heterocycles. The van der Waals surface area contributed by atoms with Crippen molar-refractivity contribution in [1.82, 2.24) is 4.90 Å². The summed E-state index contributed by atoms with van der Waals surface area (Å²) in [7, 11) is 0. The number of benzene rings is 2. The van der Waals surface area contributed by atoms with Crippen LogP contribution in [-0.4, -0.2) is 43.2 Å². The fourth-order valence-electron chi connectivity index (χ4n) is 3.84. The van der Waals surface area contributed by atoms with Crippen LogP contribution in [0.5, 0.6) is 5.75 Å². The fourth-order valence-corrected chi connectivity index (χ4v) is 3.84. The maximum atomic E-state index is 11.9. The Morgan fingerprint density at radius 2 is 1.79 bits per heavy atom. The molecule has 0 radical (unpaired) electrons. The van der Waals surface area contributed by atoms with Gasteiger partial charge in [0.25, 0.3) is 0 Å². The molecule has 0 unspecified atom stereocenters. The number of rotatable bonds is 8. The predicted molar refractivity (Wildman–Crippen MR) is 112 cm³/mol. The molecule has 1 fully saturated rings. The van der Waals surface area contributed by atoms with E-state index in [9.17, 15) is 4.79 Å². The second kappa shape index (κ2) is 10.3. The van der Waals surface area contributed by atoms with Crippen molar-refractivity contribution in [3.05, 3.63) is 65.7 Å². The summed E-state index contributed by atoms with van der Waals surface area (Å²) in [4.78, 5) is 14.3. The summed E-state index contributed by atoms with van der Waals surface area (Å²) in [6.45, 7) is 6.97. The van der Waals surface area contributed by atoms with E-state index in [1.54, 1.807) is 0 Å². The Hall–Kier alpha value is -2.33. The summed E-state index contributed by atoms with van der Waals surface area (Å²) in [5.41, 5.74) is 2.60. The van der Waals surface area contributed by atoms with Gasteiger partial charge in [0.15, 0.2) is 0 Å². The predicted octanol–water partition coefficient (Wildman–Crippen LogP) is 4.32. The van der Waals surface area contributed by atoms with E-state index in [4.69, 9.17) is 9.47 Å². The molecule has 0 aliphatic carbocycles. The highest BCUT2D eigenvalue weighted by molar-refractivity contribution is 5.72. The minimum absolute atomic E-state index is 0.0409. The Bertz CT molecular complexity index is 729. The lowest BCUT2D eigenvalue weighted by Gasteiger charge is -2.36. The SMILES string of the molecule is CCOC(=O)[C@@H]1CCN(CCOc2ccc(Cc3ccccc3)cc2)[C@H](C)C1. The maximum Gasteiger partial charge on any atom is 0.309 e. The summed E-state index contributed by atoms with van der Waals surface area (Å²) in [5, 5.41) is 0. The van der Waals surface area contributed by atoms with Crippen LogP contribution in [0.1, 0.15) is 37.8 Å². The molecule has 3 rings (SSSR count). The molecule has 2 atom stereocenters. The van der Waals surface area contributed by atoms with Crippen LogP contribution in [0.4, 0.5) is 0 Å². The molecule has 0 bridgehead atoms. The van der Waals surface area contributed by atoms with E-state index in [-0.39, 0.29) is 11.9 Å². The first kappa shape index (κ1) is 20.4. The Kier molecular flexibility index (Phi) is 7.49. The average Bonchev–Trinajstić information content (AvgIpc) is 2.71. The third-order valence-electron chi connectivity index (χ3n) is 5.46. The Labute approximate surface area is 168 Å². The van der Waals surface area contributed by atoms with Crippen molar-refractivity contribution in [2.45, 2.75) is 39.2 Å². The van der Waals surface area contributed by atoms with Crippen molar-refractivity contribution in [3.63, 3.8) is 0 Å². The highest BCUT2D eigenvalue weighted by Crippen LogP contribution is 2.24. The number of esters is 1. The molecule has 1 heterocycles. The lowest BCUT2D eigenvalue weighted by atomic mass is 9.92. The summed E-state index contributed by atoms with van der Waals surface area (Å²) in [6.07, 6.45) is 2.68. The number of nitrogens with zero attached hydrogens (tertiary/aromatic N) is 1. The zero-order chi connectivity index (χ0) is 19.8. The lowest BCUT2D eigenvalue weighted by molar-refractivity contribution is -0.150. The summed E-state index contributed by atoms with van der Waals surface area (Å²) >= 11 is 0. The molecule has 0 aromatic heterocycles. The summed E-state index contributed by atoms with van der Waals surface area (Å²) in [6, 6.07) is 19.2. The van der Waals surface area contributed by atoms with E-state index in [0.29, 0.717) is 19.3 Å². The molecule has 0 spiro atoms. The van der Waals surface area contributed by atoms with Gasteiger partial charge in [-0.3, -0.25) is 9.69 Å². The zero-order valence-corrected chi connectivity index (χ0v) is 17.0. The minimum Gasteiger partial charge on any atom is -0.492 e. The van der Waals surface area contributed by atoms with Crippen LogP contribution < -0.4 is 4.74 Å². The molecule has 0 saturated carbocycles. The highest BCUT2D eigenvalue weighted by atomic mass is 16.5. The molecular formula is C24H31NO3. The van der Waals surface area contributed by atoms with E-state index in [0.717, 1.165) is 38.1 Å². The molecule has 2 aromatic carbocycles. The molecule has 4 heteroatoms. The molecule has 4 nitrogen and oxygen atoms in total. The van der Waals surface area contributed by atoms with Crippen molar-refractivity contribution < 1.29 is 14.3 Å². The van der Waals surface area contributed by atoms with E-state index in [1.165, 1.54) is 11.1 Å². The molecular weight excluding hydrogens is 350 g/mol. The topological polar surface area (TPSA) is 38.8 Å². The molecule has 1 aliphatic rings. The van der Waals surface area contributed by atoms with Crippen LogP contribution in [0.25, 0.3) is 0 Å². The number of piperidine rings is 1. The first-order chi connectivity index (χ1) is 13.7. The molecule has 28 heavy (non-hydrogen) atoms. The molecule has 0 N–H and O–H groups in total. The first-order valence-electron chi connectivity index (χ1n) is 10.3. The van der Waals surface area contributed by atoms with Crippen molar-refractivity contribution in [2.24, 2.45) is 5.92 Å². The van der Waals surface area contributed by atoms with Gasteiger partial charge < -0.3 is 9.47 Å². The van der Waals surface area contributed by atoms with Crippen molar-refractivity contribution in [2.75, 3.05) is 26.3 Å². The lowest BCUT2D eigenvalue weighted by Crippen LogP contribution is -2.44. The van der Waals surface area contributed by atoms with Crippen LogP contribution in [0.2, 0.25) is 0 Å². The quantitative estimate of drug-likeness (QED) is 0.639. The van der Waals surface area contributed by atoms with Gasteiger partial charge in [-0.05, 0) is 62.9 Å². The van der Waals surface area contributed by atoms with Gasteiger partial charge in [0.2, 0.25) is 0 Å². The van der Waals surface area contributed by atoms with Crippen molar-refractivity contribution in [3.8, 4) is 5.75 Å². The average molecular weight is 382 g/mol. The number of ether oxygens (including phenoxy) is 2. The van der Waals surface area contributed by atoms with E-state index >= 15 is 0 Å². The fraction of sp³-hybridized carbons (Fsp3) is 0.458. The molecule has 2 aromatic rings. The van der Waals surface area contributed by atoms with Gasteiger partial charge in [-0.2, -0.15) is 0 Å². The number of hydrogen-bond donors (Lipinski definition) is 0. The van der Waals surface area contributed by atoms with Crippen LogP contribution in [0, 0.1) is 5.92 Å². The van der Waals surface area contributed by atoms with Gasteiger partial charge >= 0.3 is 5.97 Å². The zero-order valence-electron chi connectivity index (χ0n) is 17.0.